The summed E-state index contributed by atoms with van der Waals surface area (Å²) in [5, 5.41) is 13.5. The molecule has 2 aromatic rings. The largest absolute Gasteiger partial charge is 0.372 e. The molecule has 0 amide bonds. The van der Waals surface area contributed by atoms with Crippen LogP contribution in [-0.2, 0) is 5.72 Å². The lowest BCUT2D eigenvalue weighted by molar-refractivity contribution is 0.0103. The minimum atomic E-state index is -1.24. The van der Waals surface area contributed by atoms with Crippen molar-refractivity contribution in [1.82, 2.24) is 5.32 Å². The maximum absolute atomic E-state index is 12.3. The second-order valence-corrected chi connectivity index (χ2v) is 5.03. The zero-order valence-electron chi connectivity index (χ0n) is 11.7. The molecule has 2 atom stereocenters. The van der Waals surface area contributed by atoms with Gasteiger partial charge in [0.05, 0.1) is 6.04 Å². The molecule has 0 spiro atoms. The highest BCUT2D eigenvalue weighted by Crippen LogP contribution is 2.18. The van der Waals surface area contributed by atoms with Crippen molar-refractivity contribution in [2.24, 2.45) is 0 Å². The molecule has 2 aromatic carbocycles. The number of carbonyl (C=O) groups is 1. The highest BCUT2D eigenvalue weighted by Gasteiger charge is 2.27. The van der Waals surface area contributed by atoms with Gasteiger partial charge in [0.2, 0.25) is 0 Å². The van der Waals surface area contributed by atoms with Gasteiger partial charge in [0.1, 0.15) is 5.72 Å². The van der Waals surface area contributed by atoms with Gasteiger partial charge in [0, 0.05) is 5.56 Å². The number of Topliss-reactive ketones (excluding diaryl/α,β-unsaturated/α-hetero) is 1. The van der Waals surface area contributed by atoms with Gasteiger partial charge in [-0.05, 0) is 19.4 Å². The first-order valence-corrected chi connectivity index (χ1v) is 6.65. The van der Waals surface area contributed by atoms with Crippen molar-refractivity contribution in [2.45, 2.75) is 25.6 Å². The smallest absolute Gasteiger partial charge is 0.179 e. The summed E-state index contributed by atoms with van der Waals surface area (Å²) in [7, 11) is 0. The van der Waals surface area contributed by atoms with Crippen LogP contribution in [0, 0.1) is 0 Å². The summed E-state index contributed by atoms with van der Waals surface area (Å²) in [6, 6.07) is 17.9. The van der Waals surface area contributed by atoms with Crippen molar-refractivity contribution in [3.05, 3.63) is 71.8 Å². The number of carbonyl (C=O) groups excluding carboxylic acids is 1. The summed E-state index contributed by atoms with van der Waals surface area (Å²) in [5.41, 5.74) is 0.120. The molecule has 0 radical (unpaired) electrons. The zero-order valence-corrected chi connectivity index (χ0v) is 11.7. The van der Waals surface area contributed by atoms with Crippen LogP contribution in [0.4, 0.5) is 0 Å². The highest BCUT2D eigenvalue weighted by molar-refractivity contribution is 5.99. The highest BCUT2D eigenvalue weighted by atomic mass is 16.3. The van der Waals surface area contributed by atoms with Gasteiger partial charge >= 0.3 is 0 Å². The van der Waals surface area contributed by atoms with E-state index in [2.05, 4.69) is 5.32 Å². The number of ketones is 1. The molecular formula is C17H19NO2. The number of hydrogen-bond acceptors (Lipinski definition) is 3. The van der Waals surface area contributed by atoms with E-state index in [9.17, 15) is 9.90 Å². The Morgan fingerprint density at radius 3 is 2.10 bits per heavy atom. The van der Waals surface area contributed by atoms with E-state index >= 15 is 0 Å². The minimum Gasteiger partial charge on any atom is -0.372 e. The molecule has 104 valence electrons. The van der Waals surface area contributed by atoms with Gasteiger partial charge in [-0.15, -0.1) is 0 Å². The number of benzene rings is 2. The van der Waals surface area contributed by atoms with Crippen LogP contribution in [0.5, 0.6) is 0 Å². The van der Waals surface area contributed by atoms with Crippen LogP contribution in [0.1, 0.15) is 29.8 Å². The van der Waals surface area contributed by atoms with Crippen LogP contribution < -0.4 is 5.32 Å². The number of aliphatic hydroxyl groups is 1. The normalized spacial score (nSPS) is 15.3. The topological polar surface area (TPSA) is 49.3 Å². The fourth-order valence-electron chi connectivity index (χ4n) is 2.19. The third-order valence-electron chi connectivity index (χ3n) is 3.29. The minimum absolute atomic E-state index is 0.0400. The lowest BCUT2D eigenvalue weighted by atomic mass is 10.0. The SMILES string of the molecule is CC(NC(C)(O)c1ccccc1)C(=O)c1ccccc1. The summed E-state index contributed by atoms with van der Waals surface area (Å²) in [6.07, 6.45) is 0. The standard InChI is InChI=1S/C17H19NO2/c1-13(16(19)14-9-5-3-6-10-14)18-17(2,20)15-11-7-4-8-12-15/h3-13,18,20H,1-2H3. The van der Waals surface area contributed by atoms with E-state index in [4.69, 9.17) is 0 Å². The summed E-state index contributed by atoms with van der Waals surface area (Å²) >= 11 is 0. The van der Waals surface area contributed by atoms with Crippen LogP contribution in [0.25, 0.3) is 0 Å². The average molecular weight is 269 g/mol. The first-order chi connectivity index (χ1) is 9.50. The quantitative estimate of drug-likeness (QED) is 0.648. The molecule has 0 aliphatic rings. The van der Waals surface area contributed by atoms with Crippen LogP contribution in [0.3, 0.4) is 0 Å². The van der Waals surface area contributed by atoms with E-state index in [1.807, 2.05) is 48.5 Å². The maximum Gasteiger partial charge on any atom is 0.179 e. The Balaban J connectivity index is 2.11. The van der Waals surface area contributed by atoms with E-state index in [0.29, 0.717) is 5.56 Å². The molecule has 2 N–H and O–H groups in total. The van der Waals surface area contributed by atoms with Crippen molar-refractivity contribution in [2.75, 3.05) is 0 Å². The predicted molar refractivity (Wildman–Crippen MR) is 79.4 cm³/mol. The average Bonchev–Trinajstić information content (AvgIpc) is 2.48. The Bertz CT molecular complexity index is 564. The van der Waals surface area contributed by atoms with E-state index in [1.54, 1.807) is 26.0 Å². The Morgan fingerprint density at radius 1 is 1.05 bits per heavy atom. The van der Waals surface area contributed by atoms with Gasteiger partial charge in [0.15, 0.2) is 5.78 Å². The molecule has 0 fully saturated rings. The number of nitrogens with one attached hydrogen (secondary N) is 1. The molecule has 0 aliphatic carbocycles. The molecule has 3 nitrogen and oxygen atoms in total. The molecule has 2 rings (SSSR count). The molecule has 0 heterocycles. The van der Waals surface area contributed by atoms with E-state index in [1.165, 1.54) is 0 Å². The van der Waals surface area contributed by atoms with Crippen LogP contribution in [0.2, 0.25) is 0 Å². The van der Waals surface area contributed by atoms with Crippen molar-refractivity contribution < 1.29 is 9.90 Å². The Hall–Kier alpha value is -1.97. The van der Waals surface area contributed by atoms with Crippen molar-refractivity contribution in [3.8, 4) is 0 Å². The third-order valence-corrected chi connectivity index (χ3v) is 3.29. The summed E-state index contributed by atoms with van der Waals surface area (Å²) in [5.74, 6) is -0.0400. The fourth-order valence-corrected chi connectivity index (χ4v) is 2.19. The van der Waals surface area contributed by atoms with Crippen LogP contribution >= 0.6 is 0 Å². The zero-order chi connectivity index (χ0) is 14.6. The molecule has 0 aromatic heterocycles. The first-order valence-electron chi connectivity index (χ1n) is 6.65. The van der Waals surface area contributed by atoms with Crippen LogP contribution in [-0.4, -0.2) is 16.9 Å². The van der Waals surface area contributed by atoms with Gasteiger partial charge < -0.3 is 5.11 Å². The number of hydrogen-bond donors (Lipinski definition) is 2. The Kier molecular flexibility index (Phi) is 4.32. The van der Waals surface area contributed by atoms with Crippen molar-refractivity contribution >= 4 is 5.78 Å². The summed E-state index contributed by atoms with van der Waals surface area (Å²) in [4.78, 5) is 12.3. The molecule has 2 unspecified atom stereocenters. The lowest BCUT2D eigenvalue weighted by Gasteiger charge is -2.28. The molecule has 0 bridgehead atoms. The Labute approximate surface area is 119 Å². The molecule has 0 aliphatic heterocycles. The van der Waals surface area contributed by atoms with Gasteiger partial charge in [-0.3, -0.25) is 10.1 Å². The van der Waals surface area contributed by atoms with E-state index < -0.39 is 11.8 Å². The molecule has 0 saturated heterocycles. The number of rotatable bonds is 5. The maximum atomic E-state index is 12.3. The first kappa shape index (κ1) is 14.4. The van der Waals surface area contributed by atoms with E-state index in [0.717, 1.165) is 5.56 Å². The second kappa shape index (κ2) is 5.99. The monoisotopic (exact) mass is 269 g/mol. The summed E-state index contributed by atoms with van der Waals surface area (Å²) in [6.45, 7) is 3.41. The van der Waals surface area contributed by atoms with Crippen molar-refractivity contribution in [3.63, 3.8) is 0 Å². The van der Waals surface area contributed by atoms with E-state index in [-0.39, 0.29) is 5.78 Å². The van der Waals surface area contributed by atoms with Gasteiger partial charge in [0.25, 0.3) is 0 Å². The predicted octanol–water partition coefficient (Wildman–Crippen LogP) is 2.71. The van der Waals surface area contributed by atoms with Gasteiger partial charge in [-0.1, -0.05) is 60.7 Å². The van der Waals surface area contributed by atoms with Crippen molar-refractivity contribution in [1.29, 1.82) is 0 Å². The second-order valence-electron chi connectivity index (χ2n) is 5.03. The third kappa shape index (κ3) is 3.32. The lowest BCUT2D eigenvalue weighted by Crippen LogP contribution is -2.47. The van der Waals surface area contributed by atoms with Crippen LogP contribution in [0.15, 0.2) is 60.7 Å². The molecule has 3 heteroatoms. The van der Waals surface area contributed by atoms with Gasteiger partial charge in [-0.2, -0.15) is 0 Å². The Morgan fingerprint density at radius 2 is 1.55 bits per heavy atom. The molecular weight excluding hydrogens is 250 g/mol. The van der Waals surface area contributed by atoms with Gasteiger partial charge in [-0.25, -0.2) is 0 Å². The molecule has 20 heavy (non-hydrogen) atoms. The molecule has 0 saturated carbocycles. The fraction of sp³-hybridized carbons (Fsp3) is 0.235. The summed E-state index contributed by atoms with van der Waals surface area (Å²) < 4.78 is 0.